The van der Waals surface area contributed by atoms with Crippen LogP contribution in [-0.2, 0) is 11.2 Å². The number of primary amides is 1. The van der Waals surface area contributed by atoms with Crippen molar-refractivity contribution in [1.29, 1.82) is 0 Å². The lowest BCUT2D eigenvalue weighted by atomic mass is 10.1. The molecule has 0 atom stereocenters. The summed E-state index contributed by atoms with van der Waals surface area (Å²) in [7, 11) is 0. The molecule has 16 heavy (non-hydrogen) atoms. The van der Waals surface area contributed by atoms with Gasteiger partial charge < -0.3 is 5.73 Å². The number of rotatable bonds is 2. The number of fused-ring (bicyclic) bond motifs is 1. The first kappa shape index (κ1) is 10.5. The van der Waals surface area contributed by atoms with Gasteiger partial charge in [-0.05, 0) is 36.8 Å². The first-order valence-electron chi connectivity index (χ1n) is 4.90. The Hall–Kier alpha value is -1.97. The molecule has 1 aromatic carbocycles. The summed E-state index contributed by atoms with van der Waals surface area (Å²) in [6.45, 7) is 1.86. The number of pyridine rings is 1. The van der Waals surface area contributed by atoms with Gasteiger partial charge in [-0.1, -0.05) is 0 Å². The van der Waals surface area contributed by atoms with Crippen molar-refractivity contribution < 1.29 is 9.18 Å². The number of hydrogen-bond acceptors (Lipinski definition) is 2. The summed E-state index contributed by atoms with van der Waals surface area (Å²) in [5.74, 6) is -0.714. The summed E-state index contributed by atoms with van der Waals surface area (Å²) in [6, 6.07) is 6.14. The van der Waals surface area contributed by atoms with Gasteiger partial charge in [-0.25, -0.2) is 4.39 Å². The lowest BCUT2D eigenvalue weighted by Crippen LogP contribution is -2.14. The van der Waals surface area contributed by atoms with Crippen LogP contribution in [0.4, 0.5) is 4.39 Å². The molecule has 0 unspecified atom stereocenters. The molecule has 3 nitrogen and oxygen atoms in total. The molecular weight excluding hydrogens is 207 g/mol. The van der Waals surface area contributed by atoms with Crippen molar-refractivity contribution in [2.75, 3.05) is 0 Å². The van der Waals surface area contributed by atoms with Crippen molar-refractivity contribution in [1.82, 2.24) is 4.98 Å². The van der Waals surface area contributed by atoms with E-state index in [0.29, 0.717) is 11.2 Å². The van der Waals surface area contributed by atoms with E-state index in [-0.39, 0.29) is 12.2 Å². The van der Waals surface area contributed by atoms with Crippen LogP contribution in [0.2, 0.25) is 0 Å². The van der Waals surface area contributed by atoms with Crippen LogP contribution in [0.25, 0.3) is 10.9 Å². The van der Waals surface area contributed by atoms with Crippen LogP contribution in [0.15, 0.2) is 24.3 Å². The van der Waals surface area contributed by atoms with Gasteiger partial charge in [-0.3, -0.25) is 9.78 Å². The summed E-state index contributed by atoms with van der Waals surface area (Å²) in [5, 5.41) is 0.758. The van der Waals surface area contributed by atoms with Gasteiger partial charge in [0, 0.05) is 5.39 Å². The van der Waals surface area contributed by atoms with E-state index in [4.69, 9.17) is 5.73 Å². The third kappa shape index (κ3) is 2.00. The van der Waals surface area contributed by atoms with Gasteiger partial charge >= 0.3 is 0 Å². The highest BCUT2D eigenvalue weighted by Crippen LogP contribution is 2.19. The second-order valence-electron chi connectivity index (χ2n) is 3.74. The van der Waals surface area contributed by atoms with Crippen molar-refractivity contribution in [3.63, 3.8) is 0 Å². The van der Waals surface area contributed by atoms with Gasteiger partial charge in [0.1, 0.15) is 5.82 Å². The standard InChI is InChI=1S/C12H11FN2O/c1-7-4-9(6-12(14)16)15-11-3-2-8(13)5-10(7)11/h2-5H,6H2,1H3,(H2,14,16). The van der Waals surface area contributed by atoms with Crippen LogP contribution in [0.5, 0.6) is 0 Å². The fourth-order valence-electron chi connectivity index (χ4n) is 1.71. The molecule has 2 rings (SSSR count). The zero-order chi connectivity index (χ0) is 11.7. The van der Waals surface area contributed by atoms with Crippen molar-refractivity contribution in [2.24, 2.45) is 5.73 Å². The highest BCUT2D eigenvalue weighted by atomic mass is 19.1. The smallest absolute Gasteiger partial charge is 0.223 e. The number of carbonyl (C=O) groups excluding carboxylic acids is 1. The predicted octanol–water partition coefficient (Wildman–Crippen LogP) is 1.71. The summed E-state index contributed by atoms with van der Waals surface area (Å²) >= 11 is 0. The quantitative estimate of drug-likeness (QED) is 0.834. The molecule has 0 radical (unpaired) electrons. The minimum atomic E-state index is -0.423. The van der Waals surface area contributed by atoms with E-state index in [1.54, 1.807) is 12.1 Å². The van der Waals surface area contributed by atoms with Gasteiger partial charge in [-0.2, -0.15) is 0 Å². The van der Waals surface area contributed by atoms with E-state index < -0.39 is 5.91 Å². The summed E-state index contributed by atoms with van der Waals surface area (Å²) in [5.41, 5.74) is 7.29. The fourth-order valence-corrected chi connectivity index (χ4v) is 1.71. The monoisotopic (exact) mass is 218 g/mol. The average Bonchev–Trinajstić information content (AvgIpc) is 2.18. The third-order valence-electron chi connectivity index (χ3n) is 2.39. The molecular formula is C12H11FN2O. The first-order valence-corrected chi connectivity index (χ1v) is 4.90. The van der Waals surface area contributed by atoms with Gasteiger partial charge in [0.05, 0.1) is 17.6 Å². The average molecular weight is 218 g/mol. The van der Waals surface area contributed by atoms with E-state index in [1.807, 2.05) is 6.92 Å². The maximum atomic E-state index is 13.0. The Bertz CT molecular complexity index is 566. The Morgan fingerprint density at radius 2 is 2.19 bits per heavy atom. The number of aryl methyl sites for hydroxylation is 1. The largest absolute Gasteiger partial charge is 0.369 e. The van der Waals surface area contributed by atoms with Crippen molar-refractivity contribution in [3.05, 3.63) is 41.3 Å². The van der Waals surface area contributed by atoms with Crippen molar-refractivity contribution in [3.8, 4) is 0 Å². The highest BCUT2D eigenvalue weighted by molar-refractivity contribution is 5.83. The van der Waals surface area contributed by atoms with Crippen LogP contribution >= 0.6 is 0 Å². The van der Waals surface area contributed by atoms with Gasteiger partial charge in [-0.15, -0.1) is 0 Å². The first-order chi connectivity index (χ1) is 7.56. The van der Waals surface area contributed by atoms with Crippen LogP contribution in [0, 0.1) is 12.7 Å². The molecule has 2 aromatic rings. The Morgan fingerprint density at radius 1 is 1.44 bits per heavy atom. The number of nitrogens with zero attached hydrogens (tertiary/aromatic N) is 1. The minimum absolute atomic E-state index is 0.105. The normalized spacial score (nSPS) is 10.6. The van der Waals surface area contributed by atoms with E-state index in [2.05, 4.69) is 4.98 Å². The summed E-state index contributed by atoms with van der Waals surface area (Å²) in [4.78, 5) is 15.0. The Balaban J connectivity index is 2.59. The Labute approximate surface area is 92.1 Å². The van der Waals surface area contributed by atoms with Crippen LogP contribution in [0.3, 0.4) is 0 Å². The molecule has 0 spiro atoms. The molecule has 4 heteroatoms. The molecule has 0 aliphatic heterocycles. The van der Waals surface area contributed by atoms with Crippen molar-refractivity contribution in [2.45, 2.75) is 13.3 Å². The topological polar surface area (TPSA) is 56.0 Å². The molecule has 0 bridgehead atoms. The fraction of sp³-hybridized carbons (Fsp3) is 0.167. The summed E-state index contributed by atoms with van der Waals surface area (Å²) in [6.07, 6.45) is 0.105. The molecule has 0 aliphatic rings. The number of halogens is 1. The van der Waals surface area contributed by atoms with E-state index in [0.717, 1.165) is 10.9 Å². The Morgan fingerprint density at radius 3 is 2.88 bits per heavy atom. The second kappa shape index (κ2) is 3.89. The number of benzene rings is 1. The second-order valence-corrected chi connectivity index (χ2v) is 3.74. The maximum Gasteiger partial charge on any atom is 0.223 e. The molecule has 1 amide bonds. The van der Waals surface area contributed by atoms with E-state index >= 15 is 0 Å². The van der Waals surface area contributed by atoms with Crippen LogP contribution < -0.4 is 5.73 Å². The number of hydrogen-bond donors (Lipinski definition) is 1. The molecule has 0 aliphatic carbocycles. The maximum absolute atomic E-state index is 13.0. The minimum Gasteiger partial charge on any atom is -0.369 e. The number of aromatic nitrogens is 1. The number of amides is 1. The van der Waals surface area contributed by atoms with Crippen molar-refractivity contribution >= 4 is 16.8 Å². The molecule has 0 saturated carbocycles. The van der Waals surface area contributed by atoms with E-state index in [9.17, 15) is 9.18 Å². The van der Waals surface area contributed by atoms with Gasteiger partial charge in [0.15, 0.2) is 0 Å². The summed E-state index contributed by atoms with van der Waals surface area (Å²) < 4.78 is 13.0. The molecule has 0 saturated heterocycles. The van der Waals surface area contributed by atoms with Crippen LogP contribution in [-0.4, -0.2) is 10.9 Å². The van der Waals surface area contributed by atoms with E-state index in [1.165, 1.54) is 12.1 Å². The van der Waals surface area contributed by atoms with Crippen LogP contribution in [0.1, 0.15) is 11.3 Å². The zero-order valence-corrected chi connectivity index (χ0v) is 8.83. The lowest BCUT2D eigenvalue weighted by molar-refractivity contribution is -0.117. The van der Waals surface area contributed by atoms with Gasteiger partial charge in [0.2, 0.25) is 5.91 Å². The molecule has 1 aromatic heterocycles. The SMILES string of the molecule is Cc1cc(CC(N)=O)nc2ccc(F)cc12. The molecule has 1 heterocycles. The number of carbonyl (C=O) groups is 1. The predicted molar refractivity (Wildman–Crippen MR) is 59.3 cm³/mol. The highest BCUT2D eigenvalue weighted by Gasteiger charge is 2.06. The number of nitrogens with two attached hydrogens (primary N) is 1. The Kier molecular flexibility index (Phi) is 2.56. The molecule has 82 valence electrons. The van der Waals surface area contributed by atoms with Gasteiger partial charge in [0.25, 0.3) is 0 Å². The molecule has 2 N–H and O–H groups in total. The lowest BCUT2D eigenvalue weighted by Gasteiger charge is -2.05. The molecule has 0 fully saturated rings. The third-order valence-corrected chi connectivity index (χ3v) is 2.39. The zero-order valence-electron chi connectivity index (χ0n) is 8.83.